The summed E-state index contributed by atoms with van der Waals surface area (Å²) in [7, 11) is 0. The highest BCUT2D eigenvalue weighted by Gasteiger charge is 2.25. The van der Waals surface area contributed by atoms with E-state index in [0.717, 1.165) is 19.3 Å². The zero-order chi connectivity index (χ0) is 15.2. The molecule has 0 aliphatic heterocycles. The van der Waals surface area contributed by atoms with E-state index in [0.29, 0.717) is 30.0 Å². The van der Waals surface area contributed by atoms with Gasteiger partial charge in [-0.1, -0.05) is 32.8 Å². The fourth-order valence-corrected chi connectivity index (χ4v) is 2.94. The van der Waals surface area contributed by atoms with Crippen LogP contribution in [0, 0.1) is 16.0 Å². The highest BCUT2D eigenvalue weighted by Crippen LogP contribution is 2.37. The van der Waals surface area contributed by atoms with Crippen molar-refractivity contribution in [3.63, 3.8) is 0 Å². The third-order valence-electron chi connectivity index (χ3n) is 3.94. The van der Waals surface area contributed by atoms with Gasteiger partial charge in [0.2, 0.25) is 0 Å². The van der Waals surface area contributed by atoms with Gasteiger partial charge in [0.25, 0.3) is 0 Å². The van der Waals surface area contributed by atoms with Crippen molar-refractivity contribution < 1.29 is 9.66 Å². The third-order valence-corrected chi connectivity index (χ3v) is 3.94. The molecule has 1 aliphatic rings. The first kappa shape index (κ1) is 15.6. The third kappa shape index (κ3) is 4.09. The average molecular weight is 292 g/mol. The van der Waals surface area contributed by atoms with Gasteiger partial charge in [-0.05, 0) is 37.3 Å². The SMILES string of the molecule is CCCOc1cccc(NC2CCCC(C)C2)c1[N+](=O)[O-]. The van der Waals surface area contributed by atoms with Gasteiger partial charge in [-0.2, -0.15) is 0 Å². The lowest BCUT2D eigenvalue weighted by molar-refractivity contribution is -0.385. The highest BCUT2D eigenvalue weighted by molar-refractivity contribution is 5.68. The summed E-state index contributed by atoms with van der Waals surface area (Å²) >= 11 is 0. The summed E-state index contributed by atoms with van der Waals surface area (Å²) in [5.74, 6) is 1.03. The van der Waals surface area contributed by atoms with Crippen LogP contribution in [-0.2, 0) is 0 Å². The summed E-state index contributed by atoms with van der Waals surface area (Å²) in [5.41, 5.74) is 0.636. The van der Waals surface area contributed by atoms with Crippen LogP contribution in [0.3, 0.4) is 0 Å². The van der Waals surface area contributed by atoms with E-state index < -0.39 is 0 Å². The molecule has 2 rings (SSSR count). The molecule has 0 amide bonds. The molecule has 21 heavy (non-hydrogen) atoms. The summed E-state index contributed by atoms with van der Waals surface area (Å²) in [6.45, 7) is 4.71. The van der Waals surface area contributed by atoms with Gasteiger partial charge in [-0.15, -0.1) is 0 Å². The summed E-state index contributed by atoms with van der Waals surface area (Å²) in [6.07, 6.45) is 5.40. The minimum atomic E-state index is -0.348. The van der Waals surface area contributed by atoms with Crippen molar-refractivity contribution in [3.05, 3.63) is 28.3 Å². The summed E-state index contributed by atoms with van der Waals surface area (Å²) in [5, 5.41) is 14.8. The van der Waals surface area contributed by atoms with Gasteiger partial charge in [-0.25, -0.2) is 0 Å². The molecule has 1 aliphatic carbocycles. The molecule has 1 saturated carbocycles. The average Bonchev–Trinajstić information content (AvgIpc) is 2.45. The number of nitrogens with zero attached hydrogens (tertiary/aromatic N) is 1. The van der Waals surface area contributed by atoms with E-state index in [4.69, 9.17) is 4.74 Å². The first-order chi connectivity index (χ1) is 10.1. The van der Waals surface area contributed by atoms with Crippen LogP contribution >= 0.6 is 0 Å². The quantitative estimate of drug-likeness (QED) is 0.624. The highest BCUT2D eigenvalue weighted by atomic mass is 16.6. The molecule has 1 aromatic carbocycles. The predicted molar refractivity (Wildman–Crippen MR) is 83.9 cm³/mol. The van der Waals surface area contributed by atoms with Crippen molar-refractivity contribution in [2.75, 3.05) is 11.9 Å². The number of nitro benzene ring substituents is 1. The summed E-state index contributed by atoms with van der Waals surface area (Å²) < 4.78 is 5.52. The minimum absolute atomic E-state index is 0.0594. The van der Waals surface area contributed by atoms with E-state index in [2.05, 4.69) is 12.2 Å². The molecule has 0 spiro atoms. The van der Waals surface area contributed by atoms with Gasteiger partial charge >= 0.3 is 5.69 Å². The van der Waals surface area contributed by atoms with Crippen LogP contribution in [0.5, 0.6) is 5.75 Å². The van der Waals surface area contributed by atoms with Crippen LogP contribution in [0.1, 0.15) is 46.0 Å². The molecule has 2 atom stereocenters. The van der Waals surface area contributed by atoms with E-state index in [9.17, 15) is 10.1 Å². The van der Waals surface area contributed by atoms with Gasteiger partial charge in [-0.3, -0.25) is 10.1 Å². The first-order valence-electron chi connectivity index (χ1n) is 7.78. The molecule has 1 aromatic rings. The Morgan fingerprint density at radius 1 is 1.43 bits per heavy atom. The molecule has 5 nitrogen and oxygen atoms in total. The second kappa shape index (κ2) is 7.29. The molecule has 1 N–H and O–H groups in total. The predicted octanol–water partition coefficient (Wildman–Crippen LogP) is 4.37. The van der Waals surface area contributed by atoms with Gasteiger partial charge in [0.15, 0.2) is 5.75 Å². The second-order valence-electron chi connectivity index (χ2n) is 5.87. The molecule has 0 aromatic heterocycles. The van der Waals surface area contributed by atoms with Gasteiger partial charge in [0, 0.05) is 6.04 Å². The number of hydrogen-bond donors (Lipinski definition) is 1. The van der Waals surface area contributed by atoms with Crippen LogP contribution in [0.4, 0.5) is 11.4 Å². The first-order valence-corrected chi connectivity index (χ1v) is 7.78. The monoisotopic (exact) mass is 292 g/mol. The molecule has 116 valence electrons. The Morgan fingerprint density at radius 3 is 2.90 bits per heavy atom. The standard InChI is InChI=1S/C16H24N2O3/c1-3-10-21-15-9-5-8-14(16(15)18(19)20)17-13-7-4-6-12(2)11-13/h5,8-9,12-13,17H,3-4,6-7,10-11H2,1-2H3. The van der Waals surface area contributed by atoms with Gasteiger partial charge < -0.3 is 10.1 Å². The number of anilines is 1. The number of benzene rings is 1. The van der Waals surface area contributed by atoms with E-state index in [1.54, 1.807) is 12.1 Å². The van der Waals surface area contributed by atoms with Crippen molar-refractivity contribution in [2.45, 2.75) is 52.0 Å². The number of nitro groups is 1. The van der Waals surface area contributed by atoms with Crippen LogP contribution in [0.2, 0.25) is 0 Å². The zero-order valence-corrected chi connectivity index (χ0v) is 12.8. The largest absolute Gasteiger partial charge is 0.487 e. The van der Waals surface area contributed by atoms with Crippen molar-refractivity contribution in [3.8, 4) is 5.75 Å². The zero-order valence-electron chi connectivity index (χ0n) is 12.8. The number of hydrogen-bond acceptors (Lipinski definition) is 4. The second-order valence-corrected chi connectivity index (χ2v) is 5.87. The topological polar surface area (TPSA) is 64.4 Å². The fraction of sp³-hybridized carbons (Fsp3) is 0.625. The van der Waals surface area contributed by atoms with Crippen LogP contribution in [0.15, 0.2) is 18.2 Å². The summed E-state index contributed by atoms with van der Waals surface area (Å²) in [4.78, 5) is 11.0. The van der Waals surface area contributed by atoms with Crippen LogP contribution < -0.4 is 10.1 Å². The molecule has 5 heteroatoms. The Morgan fingerprint density at radius 2 is 2.24 bits per heavy atom. The lowest BCUT2D eigenvalue weighted by Gasteiger charge is -2.28. The molecule has 0 radical (unpaired) electrons. The van der Waals surface area contributed by atoms with Gasteiger partial charge in [0.1, 0.15) is 5.69 Å². The molecular weight excluding hydrogens is 268 g/mol. The molecule has 0 saturated heterocycles. The van der Waals surface area contributed by atoms with Crippen molar-refractivity contribution in [1.82, 2.24) is 0 Å². The normalized spacial score (nSPS) is 21.8. The van der Waals surface area contributed by atoms with Crippen molar-refractivity contribution in [2.24, 2.45) is 5.92 Å². The fourth-order valence-electron chi connectivity index (χ4n) is 2.94. The van der Waals surface area contributed by atoms with E-state index >= 15 is 0 Å². The smallest absolute Gasteiger partial charge is 0.333 e. The molecule has 2 unspecified atom stereocenters. The Labute approximate surface area is 125 Å². The van der Waals surface area contributed by atoms with Crippen LogP contribution in [-0.4, -0.2) is 17.6 Å². The molecule has 1 fully saturated rings. The maximum absolute atomic E-state index is 11.4. The maximum Gasteiger partial charge on any atom is 0.333 e. The number of nitrogens with one attached hydrogen (secondary N) is 1. The van der Waals surface area contributed by atoms with Crippen LogP contribution in [0.25, 0.3) is 0 Å². The Kier molecular flexibility index (Phi) is 5.42. The van der Waals surface area contributed by atoms with E-state index in [-0.39, 0.29) is 10.6 Å². The molecule has 0 heterocycles. The van der Waals surface area contributed by atoms with Crippen molar-refractivity contribution >= 4 is 11.4 Å². The number of para-hydroxylation sites is 1. The Balaban J connectivity index is 2.19. The lowest BCUT2D eigenvalue weighted by atomic mass is 9.87. The Hall–Kier alpha value is -1.78. The lowest BCUT2D eigenvalue weighted by Crippen LogP contribution is -2.26. The molecular formula is C16H24N2O3. The van der Waals surface area contributed by atoms with Gasteiger partial charge in [0.05, 0.1) is 11.5 Å². The minimum Gasteiger partial charge on any atom is -0.487 e. The number of ether oxygens (including phenoxy) is 1. The Bertz CT molecular complexity index is 490. The van der Waals surface area contributed by atoms with E-state index in [1.165, 1.54) is 12.8 Å². The van der Waals surface area contributed by atoms with Crippen molar-refractivity contribution in [1.29, 1.82) is 0 Å². The van der Waals surface area contributed by atoms with E-state index in [1.807, 2.05) is 13.0 Å². The maximum atomic E-state index is 11.4. The molecule has 0 bridgehead atoms. The number of rotatable bonds is 6. The summed E-state index contributed by atoms with van der Waals surface area (Å²) in [6, 6.07) is 5.57.